The lowest BCUT2D eigenvalue weighted by Gasteiger charge is -2.32. The Bertz CT molecular complexity index is 308. The van der Waals surface area contributed by atoms with Gasteiger partial charge >= 0.3 is 12.0 Å². The molecule has 0 aromatic heterocycles. The van der Waals surface area contributed by atoms with Gasteiger partial charge in [0.15, 0.2) is 0 Å². The summed E-state index contributed by atoms with van der Waals surface area (Å²) in [4.78, 5) is 24.9. The molecule has 1 fully saturated rings. The average Bonchev–Trinajstić information content (AvgIpc) is 2.32. The van der Waals surface area contributed by atoms with Crippen LogP contribution < -0.4 is 5.32 Å². The van der Waals surface area contributed by atoms with Crippen LogP contribution in [0.4, 0.5) is 4.79 Å². The van der Waals surface area contributed by atoms with E-state index in [4.69, 9.17) is 5.11 Å². The van der Waals surface area contributed by atoms with E-state index in [1.165, 1.54) is 19.3 Å². The van der Waals surface area contributed by atoms with E-state index in [2.05, 4.69) is 5.32 Å². The number of rotatable bonds is 8. The molecule has 1 rings (SSSR count). The molecule has 0 aromatic carbocycles. The number of hydrogen-bond donors (Lipinski definition) is 2. The van der Waals surface area contributed by atoms with Crippen LogP contribution in [-0.4, -0.2) is 53.1 Å². The molecule has 6 heteroatoms. The minimum atomic E-state index is -0.956. The summed E-state index contributed by atoms with van der Waals surface area (Å²) in [6.45, 7) is 3.30. The van der Waals surface area contributed by atoms with E-state index >= 15 is 0 Å². The van der Waals surface area contributed by atoms with Crippen molar-refractivity contribution in [1.82, 2.24) is 10.2 Å². The second-order valence-electron chi connectivity index (χ2n) is 4.96. The molecule has 1 aliphatic rings. The van der Waals surface area contributed by atoms with Gasteiger partial charge in [0.05, 0.1) is 0 Å². The number of hydrogen-bond acceptors (Lipinski definition) is 3. The van der Waals surface area contributed by atoms with Crippen LogP contribution >= 0.6 is 11.8 Å². The standard InChI is InChI=1S/C13H24N2O3S/c1-3-15(9-10-5-4-6-10)13(18)14-11(12(16)17)7-8-19-2/h10-11H,3-9H2,1-2H3,(H,14,18)(H,16,17)/t11-/m0/s1. The van der Waals surface area contributed by atoms with Crippen molar-refractivity contribution in [3.05, 3.63) is 0 Å². The molecule has 2 amide bonds. The first-order valence-corrected chi connectivity index (χ1v) is 8.25. The molecule has 1 atom stereocenters. The lowest BCUT2D eigenvalue weighted by Crippen LogP contribution is -2.49. The van der Waals surface area contributed by atoms with Crippen LogP contribution in [0.2, 0.25) is 0 Å². The van der Waals surface area contributed by atoms with Crippen molar-refractivity contribution in [3.63, 3.8) is 0 Å². The molecule has 0 aliphatic heterocycles. The second kappa shape index (κ2) is 8.30. The lowest BCUT2D eigenvalue weighted by molar-refractivity contribution is -0.139. The number of aliphatic carboxylic acids is 1. The molecule has 5 nitrogen and oxygen atoms in total. The van der Waals surface area contributed by atoms with Crippen molar-refractivity contribution in [2.75, 3.05) is 25.1 Å². The molecule has 0 bridgehead atoms. The Morgan fingerprint density at radius 1 is 1.47 bits per heavy atom. The number of nitrogens with one attached hydrogen (secondary N) is 1. The molecule has 2 N–H and O–H groups in total. The fraction of sp³-hybridized carbons (Fsp3) is 0.846. The van der Waals surface area contributed by atoms with Gasteiger partial charge in [0, 0.05) is 13.1 Å². The fourth-order valence-corrected chi connectivity index (χ4v) is 2.55. The first-order valence-electron chi connectivity index (χ1n) is 6.85. The number of urea groups is 1. The van der Waals surface area contributed by atoms with Gasteiger partial charge in [-0.15, -0.1) is 0 Å². The zero-order chi connectivity index (χ0) is 14.3. The summed E-state index contributed by atoms with van der Waals surface area (Å²) < 4.78 is 0. The maximum atomic E-state index is 12.1. The Morgan fingerprint density at radius 2 is 2.16 bits per heavy atom. The normalized spacial score (nSPS) is 16.5. The predicted molar refractivity (Wildman–Crippen MR) is 77.5 cm³/mol. The predicted octanol–water partition coefficient (Wildman–Crippen LogP) is 2.02. The highest BCUT2D eigenvalue weighted by molar-refractivity contribution is 7.98. The summed E-state index contributed by atoms with van der Waals surface area (Å²) >= 11 is 1.58. The Balaban J connectivity index is 2.45. The smallest absolute Gasteiger partial charge is 0.326 e. The fourth-order valence-electron chi connectivity index (χ4n) is 2.08. The van der Waals surface area contributed by atoms with Gasteiger partial charge < -0.3 is 15.3 Å². The van der Waals surface area contributed by atoms with Crippen LogP contribution in [0.5, 0.6) is 0 Å². The highest BCUT2D eigenvalue weighted by atomic mass is 32.2. The van der Waals surface area contributed by atoms with E-state index in [9.17, 15) is 9.59 Å². The number of carbonyl (C=O) groups is 2. The molecular formula is C13H24N2O3S. The Kier molecular flexibility index (Phi) is 7.05. The minimum absolute atomic E-state index is 0.247. The maximum Gasteiger partial charge on any atom is 0.326 e. The molecule has 0 unspecified atom stereocenters. The van der Waals surface area contributed by atoms with Gasteiger partial charge in [-0.2, -0.15) is 11.8 Å². The van der Waals surface area contributed by atoms with Crippen molar-refractivity contribution in [3.8, 4) is 0 Å². The van der Waals surface area contributed by atoms with Gasteiger partial charge in [-0.05, 0) is 44.1 Å². The molecule has 19 heavy (non-hydrogen) atoms. The third-order valence-electron chi connectivity index (χ3n) is 3.58. The number of carboxylic acids is 1. The second-order valence-corrected chi connectivity index (χ2v) is 5.94. The van der Waals surface area contributed by atoms with Crippen LogP contribution in [0.1, 0.15) is 32.6 Å². The molecule has 1 saturated carbocycles. The quantitative estimate of drug-likeness (QED) is 0.717. The van der Waals surface area contributed by atoms with E-state index in [0.717, 1.165) is 12.3 Å². The van der Waals surface area contributed by atoms with Crippen LogP contribution in [0.25, 0.3) is 0 Å². The third kappa shape index (κ3) is 5.30. The van der Waals surface area contributed by atoms with E-state index in [0.29, 0.717) is 18.9 Å². The zero-order valence-electron chi connectivity index (χ0n) is 11.7. The van der Waals surface area contributed by atoms with Crippen LogP contribution in [0.15, 0.2) is 0 Å². The van der Waals surface area contributed by atoms with Gasteiger partial charge in [0.2, 0.25) is 0 Å². The summed E-state index contributed by atoms with van der Waals surface area (Å²) in [5.41, 5.74) is 0. The largest absolute Gasteiger partial charge is 0.480 e. The molecule has 0 spiro atoms. The van der Waals surface area contributed by atoms with Gasteiger partial charge in [0.1, 0.15) is 6.04 Å². The molecule has 0 saturated heterocycles. The minimum Gasteiger partial charge on any atom is -0.480 e. The zero-order valence-corrected chi connectivity index (χ0v) is 12.5. The number of carboxylic acid groups (broad SMARTS) is 1. The van der Waals surface area contributed by atoms with E-state index in [-0.39, 0.29) is 6.03 Å². The third-order valence-corrected chi connectivity index (χ3v) is 4.22. The van der Waals surface area contributed by atoms with Crippen LogP contribution in [0, 0.1) is 5.92 Å². The Morgan fingerprint density at radius 3 is 2.58 bits per heavy atom. The monoisotopic (exact) mass is 288 g/mol. The highest BCUT2D eigenvalue weighted by Crippen LogP contribution is 2.27. The highest BCUT2D eigenvalue weighted by Gasteiger charge is 2.25. The van der Waals surface area contributed by atoms with Crippen molar-refractivity contribution in [2.45, 2.75) is 38.6 Å². The maximum absolute atomic E-state index is 12.1. The molecule has 0 aromatic rings. The SMILES string of the molecule is CCN(CC1CCC1)C(=O)N[C@@H](CCSC)C(=O)O. The number of amides is 2. The van der Waals surface area contributed by atoms with Crippen molar-refractivity contribution >= 4 is 23.8 Å². The summed E-state index contributed by atoms with van der Waals surface area (Å²) in [5.74, 6) is 0.369. The summed E-state index contributed by atoms with van der Waals surface area (Å²) in [5, 5.41) is 11.7. The number of carbonyl (C=O) groups excluding carboxylic acids is 1. The topological polar surface area (TPSA) is 69.6 Å². The van der Waals surface area contributed by atoms with Gasteiger partial charge in [-0.25, -0.2) is 9.59 Å². The molecule has 110 valence electrons. The lowest BCUT2D eigenvalue weighted by atomic mass is 9.85. The number of thioether (sulfide) groups is 1. The van der Waals surface area contributed by atoms with Crippen molar-refractivity contribution < 1.29 is 14.7 Å². The molecule has 0 radical (unpaired) electrons. The van der Waals surface area contributed by atoms with Crippen LogP contribution in [-0.2, 0) is 4.79 Å². The van der Waals surface area contributed by atoms with Gasteiger partial charge in [-0.1, -0.05) is 6.42 Å². The van der Waals surface area contributed by atoms with Crippen molar-refractivity contribution in [2.24, 2.45) is 5.92 Å². The Hall–Kier alpha value is -0.910. The van der Waals surface area contributed by atoms with E-state index in [1.807, 2.05) is 13.2 Å². The van der Waals surface area contributed by atoms with Crippen molar-refractivity contribution in [1.29, 1.82) is 0 Å². The van der Waals surface area contributed by atoms with Gasteiger partial charge in [0.25, 0.3) is 0 Å². The first kappa shape index (κ1) is 16.1. The summed E-state index contributed by atoms with van der Waals surface area (Å²) in [6.07, 6.45) is 5.99. The average molecular weight is 288 g/mol. The summed E-state index contributed by atoms with van der Waals surface area (Å²) in [6, 6.07) is -1.03. The Labute approximate surface area is 119 Å². The first-order chi connectivity index (χ1) is 9.08. The van der Waals surface area contributed by atoms with E-state index in [1.54, 1.807) is 16.7 Å². The van der Waals surface area contributed by atoms with Gasteiger partial charge in [-0.3, -0.25) is 0 Å². The molecular weight excluding hydrogens is 264 g/mol. The van der Waals surface area contributed by atoms with E-state index < -0.39 is 12.0 Å². The van der Waals surface area contributed by atoms with Crippen LogP contribution in [0.3, 0.4) is 0 Å². The number of nitrogens with zero attached hydrogens (tertiary/aromatic N) is 1. The summed E-state index contributed by atoms with van der Waals surface area (Å²) in [7, 11) is 0. The molecule has 1 aliphatic carbocycles. The molecule has 0 heterocycles.